The van der Waals surface area contributed by atoms with Gasteiger partial charge in [0, 0.05) is 24.4 Å². The van der Waals surface area contributed by atoms with Crippen LogP contribution in [0.5, 0.6) is 17.2 Å². The summed E-state index contributed by atoms with van der Waals surface area (Å²) in [5, 5.41) is 5.61. The number of ether oxygens (including phenoxy) is 4. The van der Waals surface area contributed by atoms with Crippen molar-refractivity contribution < 1.29 is 28.5 Å². The number of methoxy groups -OCH3 is 2. The minimum atomic E-state index is -0.310. The zero-order valence-corrected chi connectivity index (χ0v) is 19.4. The van der Waals surface area contributed by atoms with Crippen LogP contribution in [-0.4, -0.2) is 45.9 Å². The topological polar surface area (TPSA) is 95.1 Å². The number of carbonyl (C=O) groups excluding carboxylic acids is 2. The number of hydrogen-bond donors (Lipinski definition) is 2. The minimum Gasteiger partial charge on any atom is -0.497 e. The fourth-order valence-electron chi connectivity index (χ4n) is 3.03. The Bertz CT molecular complexity index is 1110. The average Bonchev–Trinajstić information content (AvgIpc) is 2.85. The molecule has 178 valence electrons. The van der Waals surface area contributed by atoms with Gasteiger partial charge in [-0.3, -0.25) is 9.59 Å². The van der Waals surface area contributed by atoms with E-state index in [0.29, 0.717) is 47.4 Å². The SMILES string of the molecule is COCCOc1cc(C)ccc1NC(=O)c1ccc(OCC(=O)Nc2cccc(OC)c2)cc1. The molecule has 3 aromatic rings. The Morgan fingerprint density at radius 2 is 1.62 bits per heavy atom. The molecule has 0 radical (unpaired) electrons. The Morgan fingerprint density at radius 3 is 2.35 bits per heavy atom. The van der Waals surface area contributed by atoms with E-state index in [4.69, 9.17) is 18.9 Å². The Balaban J connectivity index is 1.55. The summed E-state index contributed by atoms with van der Waals surface area (Å²) in [4.78, 5) is 24.9. The van der Waals surface area contributed by atoms with Crippen LogP contribution in [0.25, 0.3) is 0 Å². The van der Waals surface area contributed by atoms with E-state index in [1.165, 1.54) is 0 Å². The molecule has 0 saturated carbocycles. The summed E-state index contributed by atoms with van der Waals surface area (Å²) < 4.78 is 21.4. The van der Waals surface area contributed by atoms with Crippen LogP contribution in [0.3, 0.4) is 0 Å². The highest BCUT2D eigenvalue weighted by Gasteiger charge is 2.11. The first-order valence-corrected chi connectivity index (χ1v) is 10.7. The highest BCUT2D eigenvalue weighted by atomic mass is 16.5. The Kier molecular flexibility index (Phi) is 8.88. The van der Waals surface area contributed by atoms with E-state index < -0.39 is 0 Å². The van der Waals surface area contributed by atoms with Crippen molar-refractivity contribution in [3.63, 3.8) is 0 Å². The number of anilines is 2. The molecule has 0 fully saturated rings. The molecular weight excluding hydrogens is 436 g/mol. The quantitative estimate of drug-likeness (QED) is 0.411. The molecule has 0 heterocycles. The summed E-state index contributed by atoms with van der Waals surface area (Å²) in [7, 11) is 3.16. The molecule has 0 saturated heterocycles. The number of carbonyl (C=O) groups is 2. The highest BCUT2D eigenvalue weighted by molar-refractivity contribution is 6.05. The van der Waals surface area contributed by atoms with E-state index in [-0.39, 0.29) is 18.4 Å². The van der Waals surface area contributed by atoms with Crippen LogP contribution in [0.15, 0.2) is 66.7 Å². The van der Waals surface area contributed by atoms with E-state index >= 15 is 0 Å². The predicted octanol–water partition coefficient (Wildman–Crippen LogP) is 4.30. The molecular formula is C26H28N2O6. The van der Waals surface area contributed by atoms with E-state index in [0.717, 1.165) is 5.56 Å². The maximum atomic E-state index is 12.7. The van der Waals surface area contributed by atoms with Gasteiger partial charge in [0.05, 0.1) is 19.4 Å². The van der Waals surface area contributed by atoms with Crippen molar-refractivity contribution in [3.8, 4) is 17.2 Å². The van der Waals surface area contributed by atoms with Crippen molar-refractivity contribution in [3.05, 3.63) is 77.9 Å². The normalized spacial score (nSPS) is 10.3. The first-order valence-electron chi connectivity index (χ1n) is 10.7. The lowest BCUT2D eigenvalue weighted by molar-refractivity contribution is -0.118. The molecule has 8 nitrogen and oxygen atoms in total. The van der Waals surface area contributed by atoms with Crippen molar-refractivity contribution in [2.45, 2.75) is 6.92 Å². The minimum absolute atomic E-state index is 0.172. The van der Waals surface area contributed by atoms with E-state index in [1.54, 1.807) is 68.8 Å². The summed E-state index contributed by atoms with van der Waals surface area (Å²) in [6.45, 7) is 2.60. The second-order valence-electron chi connectivity index (χ2n) is 7.39. The van der Waals surface area contributed by atoms with Crippen LogP contribution >= 0.6 is 0 Å². The zero-order valence-electron chi connectivity index (χ0n) is 19.4. The molecule has 0 atom stereocenters. The van der Waals surface area contributed by atoms with Crippen LogP contribution in [-0.2, 0) is 9.53 Å². The van der Waals surface area contributed by atoms with Gasteiger partial charge in [-0.25, -0.2) is 0 Å². The van der Waals surface area contributed by atoms with Gasteiger partial charge in [0.15, 0.2) is 6.61 Å². The molecule has 0 aromatic heterocycles. The molecule has 0 spiro atoms. The van der Waals surface area contributed by atoms with Crippen molar-refractivity contribution in [2.75, 3.05) is 44.7 Å². The molecule has 0 bridgehead atoms. The average molecular weight is 465 g/mol. The number of rotatable bonds is 11. The standard InChI is InChI=1S/C26H28N2O6/c1-18-7-12-23(24(15-18)33-14-13-31-2)28-26(30)19-8-10-21(11-9-19)34-17-25(29)27-20-5-4-6-22(16-20)32-3/h4-12,15-16H,13-14,17H2,1-3H3,(H,27,29)(H,28,30). The summed E-state index contributed by atoms with van der Waals surface area (Å²) in [6.07, 6.45) is 0. The van der Waals surface area contributed by atoms with Crippen molar-refractivity contribution in [2.24, 2.45) is 0 Å². The largest absolute Gasteiger partial charge is 0.497 e. The molecule has 3 aromatic carbocycles. The number of aryl methyl sites for hydroxylation is 1. The van der Waals surface area contributed by atoms with Gasteiger partial charge < -0.3 is 29.6 Å². The molecule has 0 unspecified atom stereocenters. The number of hydrogen-bond acceptors (Lipinski definition) is 6. The second-order valence-corrected chi connectivity index (χ2v) is 7.39. The van der Waals surface area contributed by atoms with Crippen LogP contribution < -0.4 is 24.8 Å². The molecule has 2 amide bonds. The third kappa shape index (κ3) is 7.25. The van der Waals surface area contributed by atoms with Crippen LogP contribution in [0.4, 0.5) is 11.4 Å². The molecule has 8 heteroatoms. The number of benzene rings is 3. The lowest BCUT2D eigenvalue weighted by Crippen LogP contribution is -2.20. The Labute approximate surface area is 198 Å². The van der Waals surface area contributed by atoms with Gasteiger partial charge in [-0.15, -0.1) is 0 Å². The fraction of sp³-hybridized carbons (Fsp3) is 0.231. The predicted molar refractivity (Wildman–Crippen MR) is 130 cm³/mol. The van der Waals surface area contributed by atoms with Crippen LogP contribution in [0.2, 0.25) is 0 Å². The monoisotopic (exact) mass is 464 g/mol. The molecule has 0 aliphatic heterocycles. The molecule has 0 aliphatic rings. The van der Waals surface area contributed by atoms with Crippen molar-refractivity contribution in [1.82, 2.24) is 0 Å². The first kappa shape index (κ1) is 24.6. The summed E-state index contributed by atoms with van der Waals surface area (Å²) in [5.41, 5.74) is 2.64. The summed E-state index contributed by atoms with van der Waals surface area (Å²) >= 11 is 0. The van der Waals surface area contributed by atoms with E-state index in [9.17, 15) is 9.59 Å². The van der Waals surface area contributed by atoms with Gasteiger partial charge in [0.1, 0.15) is 23.9 Å². The molecule has 3 rings (SSSR count). The summed E-state index contributed by atoms with van der Waals surface area (Å²) in [5.74, 6) is 1.09. The maximum absolute atomic E-state index is 12.7. The summed E-state index contributed by atoms with van der Waals surface area (Å²) in [6, 6.07) is 19.1. The van der Waals surface area contributed by atoms with Crippen molar-refractivity contribution >= 4 is 23.2 Å². The molecule has 0 aliphatic carbocycles. The van der Waals surface area contributed by atoms with E-state index in [2.05, 4.69) is 10.6 Å². The van der Waals surface area contributed by atoms with Gasteiger partial charge in [0.25, 0.3) is 11.8 Å². The number of amides is 2. The fourth-order valence-corrected chi connectivity index (χ4v) is 3.03. The van der Waals surface area contributed by atoms with Gasteiger partial charge in [-0.2, -0.15) is 0 Å². The van der Waals surface area contributed by atoms with Gasteiger partial charge in [-0.1, -0.05) is 12.1 Å². The third-order valence-corrected chi connectivity index (χ3v) is 4.77. The molecule has 34 heavy (non-hydrogen) atoms. The second kappa shape index (κ2) is 12.3. The third-order valence-electron chi connectivity index (χ3n) is 4.77. The van der Waals surface area contributed by atoms with Crippen molar-refractivity contribution in [1.29, 1.82) is 0 Å². The first-order chi connectivity index (χ1) is 16.5. The maximum Gasteiger partial charge on any atom is 0.262 e. The van der Waals surface area contributed by atoms with Gasteiger partial charge in [-0.05, 0) is 61.0 Å². The lowest BCUT2D eigenvalue weighted by Gasteiger charge is -2.13. The smallest absolute Gasteiger partial charge is 0.262 e. The Morgan fingerprint density at radius 1 is 0.824 bits per heavy atom. The lowest BCUT2D eigenvalue weighted by atomic mass is 10.1. The van der Waals surface area contributed by atoms with Crippen LogP contribution in [0, 0.1) is 6.92 Å². The van der Waals surface area contributed by atoms with Gasteiger partial charge in [0.2, 0.25) is 0 Å². The van der Waals surface area contributed by atoms with Crippen LogP contribution in [0.1, 0.15) is 15.9 Å². The van der Waals surface area contributed by atoms with Gasteiger partial charge >= 0.3 is 0 Å². The zero-order chi connectivity index (χ0) is 24.3. The van der Waals surface area contributed by atoms with E-state index in [1.807, 2.05) is 19.1 Å². The Hall–Kier alpha value is -4.04. The number of nitrogens with one attached hydrogen (secondary N) is 2. The molecule has 2 N–H and O–H groups in total. The highest BCUT2D eigenvalue weighted by Crippen LogP contribution is 2.26.